The molecule has 3 heterocycles. The highest BCUT2D eigenvalue weighted by Gasteiger charge is 2.13. The zero-order chi connectivity index (χ0) is 18.6. The van der Waals surface area contributed by atoms with Crippen molar-refractivity contribution in [1.82, 2.24) is 20.3 Å². The lowest BCUT2D eigenvalue weighted by Gasteiger charge is -2.08. The van der Waals surface area contributed by atoms with Gasteiger partial charge in [0, 0.05) is 35.3 Å². The highest BCUT2D eigenvalue weighted by Crippen LogP contribution is 2.32. The molecule has 136 valence electrons. The summed E-state index contributed by atoms with van der Waals surface area (Å²) in [4.78, 5) is 25.6. The topological polar surface area (TPSA) is 79.8 Å². The second-order valence-electron chi connectivity index (χ2n) is 5.56. The summed E-state index contributed by atoms with van der Waals surface area (Å²) < 4.78 is 1.02. The summed E-state index contributed by atoms with van der Waals surface area (Å²) in [5.41, 5.74) is 2.28. The first kappa shape index (κ1) is 17.8. The molecule has 2 N–H and O–H groups in total. The average molecular weight is 416 g/mol. The zero-order valence-corrected chi connectivity index (χ0v) is 16.4. The number of carbonyl (C=O) groups excluding carboxylic acids is 1. The van der Waals surface area contributed by atoms with Gasteiger partial charge in [-0.2, -0.15) is 0 Å². The Morgan fingerprint density at radius 1 is 1.04 bits per heavy atom. The summed E-state index contributed by atoms with van der Waals surface area (Å²) in [5.74, 6) is 0.373. The van der Waals surface area contributed by atoms with Crippen molar-refractivity contribution in [2.75, 3.05) is 18.4 Å². The van der Waals surface area contributed by atoms with Gasteiger partial charge in [0.2, 0.25) is 5.95 Å². The molecule has 0 unspecified atom stereocenters. The molecule has 9 heteroatoms. The lowest BCUT2D eigenvalue weighted by molar-refractivity contribution is 0.0955. The van der Waals surface area contributed by atoms with Crippen LogP contribution in [0.2, 0.25) is 5.02 Å². The lowest BCUT2D eigenvalue weighted by Crippen LogP contribution is -2.29. The Balaban J connectivity index is 1.40. The molecule has 0 bridgehead atoms. The van der Waals surface area contributed by atoms with Crippen LogP contribution < -0.4 is 10.6 Å². The first-order valence-electron chi connectivity index (χ1n) is 8.13. The summed E-state index contributed by atoms with van der Waals surface area (Å²) >= 11 is 8.98. The summed E-state index contributed by atoms with van der Waals surface area (Å²) in [6, 6.07) is 8.74. The number of benzene rings is 1. The third-order valence-electron chi connectivity index (χ3n) is 3.74. The summed E-state index contributed by atoms with van der Waals surface area (Å²) in [6.45, 7) is 0.950. The van der Waals surface area contributed by atoms with E-state index in [1.54, 1.807) is 53.1 Å². The molecule has 0 saturated heterocycles. The maximum absolute atomic E-state index is 12.1. The minimum atomic E-state index is -0.147. The van der Waals surface area contributed by atoms with Crippen LogP contribution in [0.1, 0.15) is 10.4 Å². The van der Waals surface area contributed by atoms with Crippen LogP contribution in [-0.4, -0.2) is 33.9 Å². The molecule has 0 spiro atoms. The van der Waals surface area contributed by atoms with Crippen molar-refractivity contribution in [3.8, 4) is 10.7 Å². The number of thiazole rings is 1. The number of halogens is 1. The highest BCUT2D eigenvalue weighted by molar-refractivity contribution is 7.18. The van der Waals surface area contributed by atoms with Gasteiger partial charge in [0.15, 0.2) is 0 Å². The number of amides is 1. The number of thiophene rings is 1. The predicted molar refractivity (Wildman–Crippen MR) is 111 cm³/mol. The standard InChI is InChI=1S/C18H14ClN5OS2/c19-12-3-1-11(2-4-12)16(25)20-6-7-22-18-23-13-5-9-26-15(13)14(24-18)17-21-8-10-27-17/h1-5,8-10H,6-7H2,(H,20,25)(H,22,23,24). The Kier molecular flexibility index (Phi) is 5.28. The van der Waals surface area contributed by atoms with Gasteiger partial charge in [0.05, 0.1) is 10.2 Å². The van der Waals surface area contributed by atoms with Crippen molar-refractivity contribution in [2.24, 2.45) is 0 Å². The van der Waals surface area contributed by atoms with Gasteiger partial charge in [-0.05, 0) is 35.7 Å². The monoisotopic (exact) mass is 415 g/mol. The van der Waals surface area contributed by atoms with Crippen LogP contribution >= 0.6 is 34.3 Å². The smallest absolute Gasteiger partial charge is 0.251 e. The van der Waals surface area contributed by atoms with Crippen LogP contribution in [0.5, 0.6) is 0 Å². The molecule has 1 amide bonds. The average Bonchev–Trinajstić information content (AvgIpc) is 3.36. The van der Waals surface area contributed by atoms with E-state index in [4.69, 9.17) is 11.6 Å². The number of carbonyl (C=O) groups is 1. The Morgan fingerprint density at radius 2 is 1.89 bits per heavy atom. The van der Waals surface area contributed by atoms with E-state index in [0.29, 0.717) is 29.6 Å². The van der Waals surface area contributed by atoms with Gasteiger partial charge in [-0.3, -0.25) is 4.79 Å². The van der Waals surface area contributed by atoms with Crippen molar-refractivity contribution in [1.29, 1.82) is 0 Å². The molecule has 0 aliphatic heterocycles. The second-order valence-corrected chi connectivity index (χ2v) is 7.80. The largest absolute Gasteiger partial charge is 0.352 e. The Morgan fingerprint density at radius 3 is 2.67 bits per heavy atom. The predicted octanol–water partition coefficient (Wildman–Crippen LogP) is 4.31. The summed E-state index contributed by atoms with van der Waals surface area (Å²) in [7, 11) is 0. The van der Waals surface area contributed by atoms with Gasteiger partial charge in [-0.1, -0.05) is 11.6 Å². The third kappa shape index (κ3) is 4.08. The van der Waals surface area contributed by atoms with E-state index in [1.165, 1.54) is 0 Å². The number of nitrogens with zero attached hydrogens (tertiary/aromatic N) is 3. The number of hydrogen-bond donors (Lipinski definition) is 2. The third-order valence-corrected chi connectivity index (χ3v) is 5.68. The minimum absolute atomic E-state index is 0.147. The molecule has 6 nitrogen and oxygen atoms in total. The minimum Gasteiger partial charge on any atom is -0.352 e. The van der Waals surface area contributed by atoms with Crippen LogP contribution in [0.4, 0.5) is 5.95 Å². The van der Waals surface area contributed by atoms with E-state index in [-0.39, 0.29) is 5.91 Å². The fourth-order valence-corrected chi connectivity index (χ4v) is 4.13. The van der Waals surface area contributed by atoms with Crippen molar-refractivity contribution < 1.29 is 4.79 Å². The first-order valence-corrected chi connectivity index (χ1v) is 10.3. The van der Waals surface area contributed by atoms with Gasteiger partial charge in [0.1, 0.15) is 10.7 Å². The fraction of sp³-hybridized carbons (Fsp3) is 0.111. The summed E-state index contributed by atoms with van der Waals surface area (Å²) in [6.07, 6.45) is 1.76. The summed E-state index contributed by atoms with van der Waals surface area (Å²) in [5, 5.41) is 11.4. The molecule has 0 radical (unpaired) electrons. The van der Waals surface area contributed by atoms with Crippen LogP contribution in [0, 0.1) is 0 Å². The van der Waals surface area contributed by atoms with Gasteiger partial charge in [-0.25, -0.2) is 15.0 Å². The molecule has 3 aromatic heterocycles. The van der Waals surface area contributed by atoms with Crippen LogP contribution in [-0.2, 0) is 0 Å². The van der Waals surface area contributed by atoms with Gasteiger partial charge < -0.3 is 10.6 Å². The van der Waals surface area contributed by atoms with Crippen molar-refractivity contribution in [3.63, 3.8) is 0 Å². The van der Waals surface area contributed by atoms with E-state index < -0.39 is 0 Å². The van der Waals surface area contributed by atoms with E-state index in [1.807, 2.05) is 16.8 Å². The van der Waals surface area contributed by atoms with Crippen molar-refractivity contribution in [2.45, 2.75) is 0 Å². The SMILES string of the molecule is O=C(NCCNc1nc(-c2nccs2)c2sccc2n1)c1ccc(Cl)cc1. The molecule has 1 aromatic carbocycles. The normalized spacial score (nSPS) is 10.9. The first-order chi connectivity index (χ1) is 13.2. The van der Waals surface area contributed by atoms with E-state index in [9.17, 15) is 4.79 Å². The van der Waals surface area contributed by atoms with E-state index >= 15 is 0 Å². The van der Waals surface area contributed by atoms with Gasteiger partial charge in [0.25, 0.3) is 5.91 Å². The molecule has 0 aliphatic rings. The molecule has 0 aliphatic carbocycles. The Hall–Kier alpha value is -2.55. The zero-order valence-electron chi connectivity index (χ0n) is 14.0. The lowest BCUT2D eigenvalue weighted by atomic mass is 10.2. The second kappa shape index (κ2) is 7.99. The molecule has 27 heavy (non-hydrogen) atoms. The maximum Gasteiger partial charge on any atom is 0.251 e. The van der Waals surface area contributed by atoms with Gasteiger partial charge in [-0.15, -0.1) is 22.7 Å². The molecule has 4 rings (SSSR count). The van der Waals surface area contributed by atoms with Crippen molar-refractivity contribution in [3.05, 3.63) is 57.9 Å². The van der Waals surface area contributed by atoms with E-state index in [0.717, 1.165) is 20.9 Å². The van der Waals surface area contributed by atoms with Crippen molar-refractivity contribution >= 4 is 56.3 Å². The molecule has 0 saturated carbocycles. The van der Waals surface area contributed by atoms with Crippen LogP contribution in [0.3, 0.4) is 0 Å². The Bertz CT molecular complexity index is 1060. The highest BCUT2D eigenvalue weighted by atomic mass is 35.5. The molecular formula is C18H14ClN5OS2. The molecule has 4 aromatic rings. The van der Waals surface area contributed by atoms with Crippen LogP contribution in [0.25, 0.3) is 20.9 Å². The Labute approximate surface area is 168 Å². The molecule has 0 atom stereocenters. The number of aromatic nitrogens is 3. The quantitative estimate of drug-likeness (QED) is 0.459. The number of hydrogen-bond acceptors (Lipinski definition) is 7. The molecular weight excluding hydrogens is 402 g/mol. The van der Waals surface area contributed by atoms with Gasteiger partial charge >= 0.3 is 0 Å². The number of anilines is 1. The van der Waals surface area contributed by atoms with Crippen LogP contribution in [0.15, 0.2) is 47.3 Å². The maximum atomic E-state index is 12.1. The number of rotatable bonds is 6. The molecule has 0 fully saturated rings. The fourth-order valence-electron chi connectivity index (χ4n) is 2.48. The number of nitrogens with one attached hydrogen (secondary N) is 2. The van der Waals surface area contributed by atoms with E-state index in [2.05, 4.69) is 25.6 Å². The number of fused-ring (bicyclic) bond motifs is 1.